The van der Waals surface area contributed by atoms with Crippen molar-refractivity contribution in [3.8, 4) is 5.75 Å². The Morgan fingerprint density at radius 3 is 2.38 bits per heavy atom. The molecule has 0 unspecified atom stereocenters. The Bertz CT molecular complexity index is 682. The molecule has 1 aliphatic rings. The maximum Gasteiger partial charge on any atom is 0.234 e. The lowest BCUT2D eigenvalue weighted by molar-refractivity contribution is -0.125. The molecule has 5 nitrogen and oxygen atoms in total. The Kier molecular flexibility index (Phi) is 4.83. The van der Waals surface area contributed by atoms with Gasteiger partial charge in [0.15, 0.2) is 0 Å². The molecule has 3 rings (SSSR count). The summed E-state index contributed by atoms with van der Waals surface area (Å²) in [5.74, 6) is 0.434. The molecular weight excluding hydrogens is 304 g/mol. The maximum atomic E-state index is 12.0. The highest BCUT2D eigenvalue weighted by atomic mass is 16.5. The monoisotopic (exact) mass is 326 g/mol. The van der Waals surface area contributed by atoms with Crippen molar-refractivity contribution >= 4 is 5.91 Å². The normalized spacial score (nSPS) is 16.9. The molecule has 0 aliphatic carbocycles. The first-order valence-electron chi connectivity index (χ1n) is 7.96. The minimum atomic E-state index is -0.460. The number of nitrogens with two attached hydrogens (primary N) is 1. The highest BCUT2D eigenvalue weighted by Gasteiger charge is 2.42. The zero-order valence-corrected chi connectivity index (χ0v) is 13.7. The minimum Gasteiger partial charge on any atom is -0.497 e. The molecule has 0 saturated carbocycles. The number of benzene rings is 2. The molecule has 1 heterocycles. The van der Waals surface area contributed by atoms with Gasteiger partial charge in [-0.3, -0.25) is 10.1 Å². The van der Waals surface area contributed by atoms with E-state index in [2.05, 4.69) is 5.32 Å². The largest absolute Gasteiger partial charge is 0.497 e. The van der Waals surface area contributed by atoms with Crippen LogP contribution in [0.1, 0.15) is 11.1 Å². The summed E-state index contributed by atoms with van der Waals surface area (Å²) in [4.78, 5) is 12.0. The molecule has 1 amide bonds. The molecule has 1 atom stereocenters. The van der Waals surface area contributed by atoms with Gasteiger partial charge in [-0.2, -0.15) is 0 Å². The van der Waals surface area contributed by atoms with Gasteiger partial charge in [-0.05, 0) is 29.7 Å². The first-order valence-corrected chi connectivity index (χ1v) is 7.96. The fourth-order valence-corrected chi connectivity index (χ4v) is 2.96. The molecule has 0 bridgehead atoms. The van der Waals surface area contributed by atoms with Crippen LogP contribution in [0, 0.1) is 0 Å². The van der Waals surface area contributed by atoms with Crippen LogP contribution in [0.3, 0.4) is 0 Å². The molecule has 5 heteroatoms. The molecule has 0 aromatic heterocycles. The van der Waals surface area contributed by atoms with Gasteiger partial charge in [0.2, 0.25) is 5.91 Å². The van der Waals surface area contributed by atoms with Gasteiger partial charge in [0.1, 0.15) is 5.75 Å². The van der Waals surface area contributed by atoms with Crippen LogP contribution in [0.25, 0.3) is 0 Å². The third-order valence-electron chi connectivity index (χ3n) is 4.42. The van der Waals surface area contributed by atoms with Crippen molar-refractivity contribution in [1.82, 2.24) is 5.32 Å². The van der Waals surface area contributed by atoms with Crippen LogP contribution in [-0.4, -0.2) is 32.3 Å². The number of ether oxygens (including phenoxy) is 2. The second-order valence-electron chi connectivity index (χ2n) is 6.09. The van der Waals surface area contributed by atoms with E-state index in [-0.39, 0.29) is 11.4 Å². The summed E-state index contributed by atoms with van der Waals surface area (Å²) in [5.41, 5.74) is 7.38. The predicted molar refractivity (Wildman–Crippen MR) is 91.8 cm³/mol. The lowest BCUT2D eigenvalue weighted by Gasteiger charge is -2.44. The molecule has 0 spiro atoms. The van der Waals surface area contributed by atoms with E-state index in [4.69, 9.17) is 15.2 Å². The van der Waals surface area contributed by atoms with Crippen LogP contribution in [0.5, 0.6) is 5.75 Å². The molecule has 0 radical (unpaired) electrons. The highest BCUT2D eigenvalue weighted by Crippen LogP contribution is 2.31. The van der Waals surface area contributed by atoms with Crippen molar-refractivity contribution in [1.29, 1.82) is 0 Å². The summed E-state index contributed by atoms with van der Waals surface area (Å²) in [5, 5.41) is 3.43. The number of hydrogen-bond acceptors (Lipinski definition) is 4. The quantitative estimate of drug-likeness (QED) is 0.811. The number of nitrogens with one attached hydrogen (secondary N) is 1. The van der Waals surface area contributed by atoms with Gasteiger partial charge in [-0.25, -0.2) is 0 Å². The standard InChI is InChI=1S/C19H22N2O3/c1-23-16-9-7-15(8-10-16)19(12-24-13-19)21-17(18(20)22)11-14-5-3-2-4-6-14/h2-10,17,21H,11-13H2,1H3,(H2,20,22)/t17-/m0/s1. The maximum absolute atomic E-state index is 12.0. The average molecular weight is 326 g/mol. The Labute approximate surface area is 141 Å². The Hall–Kier alpha value is -2.37. The lowest BCUT2D eigenvalue weighted by atomic mass is 9.86. The zero-order chi connectivity index (χ0) is 17.0. The number of hydrogen-bond donors (Lipinski definition) is 2. The Balaban J connectivity index is 1.79. The topological polar surface area (TPSA) is 73.6 Å². The van der Waals surface area contributed by atoms with Gasteiger partial charge in [0, 0.05) is 0 Å². The first-order chi connectivity index (χ1) is 11.6. The molecule has 1 fully saturated rings. The molecule has 126 valence electrons. The number of carbonyl (C=O) groups is 1. The average Bonchev–Trinajstić information content (AvgIpc) is 2.58. The second kappa shape index (κ2) is 7.03. The molecule has 1 aliphatic heterocycles. The van der Waals surface area contributed by atoms with Crippen LogP contribution in [-0.2, 0) is 21.5 Å². The summed E-state index contributed by atoms with van der Waals surface area (Å²) in [6.45, 7) is 1.02. The zero-order valence-electron chi connectivity index (χ0n) is 13.7. The van der Waals surface area contributed by atoms with Crippen molar-refractivity contribution < 1.29 is 14.3 Å². The molecule has 24 heavy (non-hydrogen) atoms. The second-order valence-corrected chi connectivity index (χ2v) is 6.09. The van der Waals surface area contributed by atoms with Gasteiger partial charge in [0.25, 0.3) is 0 Å². The molecule has 3 N–H and O–H groups in total. The Morgan fingerprint density at radius 1 is 1.21 bits per heavy atom. The fourth-order valence-electron chi connectivity index (χ4n) is 2.96. The SMILES string of the molecule is COc1ccc(C2(N[C@@H](Cc3ccccc3)C(N)=O)COC2)cc1. The van der Waals surface area contributed by atoms with E-state index in [1.807, 2.05) is 54.6 Å². The summed E-state index contributed by atoms with van der Waals surface area (Å²) in [6, 6.07) is 17.2. The van der Waals surface area contributed by atoms with Crippen molar-refractivity contribution in [3.63, 3.8) is 0 Å². The lowest BCUT2D eigenvalue weighted by Crippen LogP contribution is -2.63. The number of carbonyl (C=O) groups excluding carboxylic acids is 1. The third-order valence-corrected chi connectivity index (χ3v) is 4.42. The molecular formula is C19H22N2O3. The van der Waals surface area contributed by atoms with Crippen LogP contribution in [0.15, 0.2) is 54.6 Å². The van der Waals surface area contributed by atoms with E-state index in [1.165, 1.54) is 0 Å². The van der Waals surface area contributed by atoms with Crippen LogP contribution in [0.4, 0.5) is 0 Å². The number of methoxy groups -OCH3 is 1. The molecule has 2 aromatic carbocycles. The Morgan fingerprint density at radius 2 is 1.88 bits per heavy atom. The van der Waals surface area contributed by atoms with E-state index < -0.39 is 6.04 Å². The van der Waals surface area contributed by atoms with Crippen molar-refractivity contribution in [2.45, 2.75) is 18.0 Å². The third kappa shape index (κ3) is 3.42. The highest BCUT2D eigenvalue weighted by molar-refractivity contribution is 5.80. The van der Waals surface area contributed by atoms with Crippen molar-refractivity contribution in [2.75, 3.05) is 20.3 Å². The smallest absolute Gasteiger partial charge is 0.234 e. The van der Waals surface area contributed by atoms with Crippen molar-refractivity contribution in [3.05, 3.63) is 65.7 Å². The summed E-state index contributed by atoms with van der Waals surface area (Å²) in [6.07, 6.45) is 0.550. The first kappa shape index (κ1) is 16.5. The number of rotatable bonds is 7. The van der Waals surface area contributed by atoms with Gasteiger partial charge in [-0.1, -0.05) is 42.5 Å². The predicted octanol–water partition coefficient (Wildman–Crippen LogP) is 1.61. The summed E-state index contributed by atoms with van der Waals surface area (Å²) < 4.78 is 10.6. The van der Waals surface area contributed by atoms with E-state index >= 15 is 0 Å². The number of primary amides is 1. The molecule has 2 aromatic rings. The van der Waals surface area contributed by atoms with Gasteiger partial charge < -0.3 is 15.2 Å². The van der Waals surface area contributed by atoms with Crippen molar-refractivity contribution in [2.24, 2.45) is 5.73 Å². The van der Waals surface area contributed by atoms with Gasteiger partial charge >= 0.3 is 0 Å². The van der Waals surface area contributed by atoms with Crippen LogP contribution >= 0.6 is 0 Å². The van der Waals surface area contributed by atoms with E-state index in [0.717, 1.165) is 16.9 Å². The molecule has 1 saturated heterocycles. The number of amides is 1. The van der Waals surface area contributed by atoms with Crippen LogP contribution in [0.2, 0.25) is 0 Å². The van der Waals surface area contributed by atoms with E-state index in [9.17, 15) is 4.79 Å². The minimum absolute atomic E-state index is 0.362. The van der Waals surface area contributed by atoms with Gasteiger partial charge in [0.05, 0.1) is 31.9 Å². The fraction of sp³-hybridized carbons (Fsp3) is 0.316. The van der Waals surface area contributed by atoms with Crippen LogP contribution < -0.4 is 15.8 Å². The summed E-state index contributed by atoms with van der Waals surface area (Å²) in [7, 11) is 1.64. The van der Waals surface area contributed by atoms with E-state index in [1.54, 1.807) is 7.11 Å². The van der Waals surface area contributed by atoms with Gasteiger partial charge in [-0.15, -0.1) is 0 Å². The summed E-state index contributed by atoms with van der Waals surface area (Å²) >= 11 is 0. The van der Waals surface area contributed by atoms with E-state index in [0.29, 0.717) is 19.6 Å².